The van der Waals surface area contributed by atoms with Gasteiger partial charge in [-0.1, -0.05) is 6.07 Å². The number of aliphatic hydroxyl groups excluding tert-OH is 2. The van der Waals surface area contributed by atoms with Crippen LogP contribution in [0.25, 0.3) is 0 Å². The van der Waals surface area contributed by atoms with Gasteiger partial charge in [0.05, 0.1) is 63.9 Å². The number of phenolic OH excluding ortho intramolecular Hbond substituents is 4. The second-order valence-electron chi connectivity index (χ2n) is 12.1. The molecule has 0 bridgehead atoms. The standard InChI is InChI=1S/C19H25NO8S2.C15H17NO8S2.CH2Cl2.BBr3/c1-27-18-7-6-16(11-19(18)28-2)29(23,24)9-3-8-20-30(25,26)17-5-4-14(12-21)15(10-17)13-22;17-12-4-2-10(8-14(12)19)25(21,22)7-1-6-16-26(23,24)11-3-5-13(18)15(20)9-11;2-1-3;2-1(3)4/h4-7,10-11,20-22H,3,8-9,12-13H2,1-2H3;2-5,8-9,16-20H,1,6-7H2;1H2;. The Morgan fingerprint density at radius 1 is 0.540 bits per heavy atom. The predicted octanol–water partition coefficient (Wildman–Crippen LogP) is 5.06. The Morgan fingerprint density at radius 3 is 1.32 bits per heavy atom. The van der Waals surface area contributed by atoms with Gasteiger partial charge in [-0.25, -0.2) is 43.1 Å². The number of aromatic hydroxyl groups is 4. The topological polar surface area (TPSA) is 300 Å². The number of ether oxygens (including phenoxy) is 2. The number of aliphatic hydroxyl groups is 2. The van der Waals surface area contributed by atoms with Crippen LogP contribution in [0.15, 0.2) is 92.4 Å². The van der Waals surface area contributed by atoms with Gasteiger partial charge in [0.1, 0.15) is 0 Å². The van der Waals surface area contributed by atoms with Gasteiger partial charge >= 0.3 is 3.18 Å². The molecule has 4 rings (SSSR count). The first-order chi connectivity index (χ1) is 29.4. The van der Waals surface area contributed by atoms with Crippen LogP contribution in [-0.2, 0) is 52.9 Å². The molecule has 4 aromatic rings. The zero-order valence-electron chi connectivity index (χ0n) is 33.2. The third-order valence-electron chi connectivity index (χ3n) is 7.87. The molecule has 0 amide bonds. The molecule has 28 heteroatoms. The third-order valence-corrected chi connectivity index (χ3v) is 14.4. The third kappa shape index (κ3) is 19.8. The fraction of sp³-hybridized carbons (Fsp3) is 0.314. The highest BCUT2D eigenvalue weighted by Gasteiger charge is 2.21. The molecule has 352 valence electrons. The molecular weight excluding hydrogens is 1150 g/mol. The monoisotopic (exact) mass is 1190 g/mol. The quantitative estimate of drug-likeness (QED) is 0.0280. The molecule has 0 aliphatic heterocycles. The number of hydrogen-bond acceptors (Lipinski definition) is 16. The minimum absolute atomic E-state index is 0.0483. The van der Waals surface area contributed by atoms with Crippen molar-refractivity contribution in [2.75, 3.05) is 44.2 Å². The first-order valence-corrected chi connectivity index (χ1v) is 27.5. The molecule has 0 fully saturated rings. The summed E-state index contributed by atoms with van der Waals surface area (Å²) in [6.07, 6.45) is 0.00472. The normalized spacial score (nSPS) is 11.4. The first kappa shape index (κ1) is 58.4. The fourth-order valence-corrected chi connectivity index (χ4v) is 9.65. The molecule has 0 aliphatic rings. The van der Waals surface area contributed by atoms with Gasteiger partial charge in [0.25, 0.3) is 0 Å². The molecule has 63 heavy (non-hydrogen) atoms. The van der Waals surface area contributed by atoms with Crippen molar-refractivity contribution in [1.29, 1.82) is 0 Å². The highest BCUT2D eigenvalue weighted by molar-refractivity contribution is 9.69. The molecule has 0 spiro atoms. The van der Waals surface area contributed by atoms with Crippen molar-refractivity contribution in [2.45, 2.75) is 45.6 Å². The number of methoxy groups -OCH3 is 2. The van der Waals surface area contributed by atoms with E-state index in [1.807, 2.05) is 0 Å². The average molecular weight is 1200 g/mol. The number of phenols is 4. The Balaban J connectivity index is 0.000000552. The van der Waals surface area contributed by atoms with Crippen LogP contribution in [0.4, 0.5) is 0 Å². The van der Waals surface area contributed by atoms with Crippen molar-refractivity contribution in [3.8, 4) is 34.5 Å². The lowest BCUT2D eigenvalue weighted by molar-refractivity contribution is 0.259. The summed E-state index contributed by atoms with van der Waals surface area (Å²) in [5.74, 6) is -2.05. The van der Waals surface area contributed by atoms with E-state index in [2.05, 4.69) is 56.7 Å². The summed E-state index contributed by atoms with van der Waals surface area (Å²) in [7, 11) is -12.5. The molecule has 0 unspecified atom stereocenters. The van der Waals surface area contributed by atoms with Gasteiger partial charge in [0.15, 0.2) is 54.2 Å². The Bertz CT molecular complexity index is 2370. The van der Waals surface area contributed by atoms with E-state index in [0.717, 1.165) is 36.4 Å². The van der Waals surface area contributed by atoms with E-state index in [-0.39, 0.29) is 77.9 Å². The van der Waals surface area contributed by atoms with E-state index in [4.69, 9.17) is 32.7 Å². The molecule has 8 N–H and O–H groups in total. The summed E-state index contributed by atoms with van der Waals surface area (Å²) in [6, 6.07) is 14.3. The molecule has 0 saturated carbocycles. The van der Waals surface area contributed by atoms with Gasteiger partial charge in [0, 0.05) is 31.3 Å². The molecule has 0 aromatic heterocycles. The number of alkyl halides is 2. The van der Waals surface area contributed by atoms with E-state index >= 15 is 0 Å². The largest absolute Gasteiger partial charge is 0.504 e. The van der Waals surface area contributed by atoms with Crippen LogP contribution in [-0.4, -0.2) is 112 Å². The molecule has 0 radical (unpaired) electrons. The highest BCUT2D eigenvalue weighted by Crippen LogP contribution is 2.31. The summed E-state index contributed by atoms with van der Waals surface area (Å²) >= 11 is 18.8. The SMILES string of the molecule is BrB(Br)Br.COc1ccc(S(=O)(=O)CCCNS(=O)(=O)c2ccc(CO)c(CO)c2)cc1OC.ClCCl.O=S(=O)(CCCNS(=O)(=O)c1ccc(O)c(O)c1)c1ccc(O)c(O)c1. The lowest BCUT2D eigenvalue weighted by Crippen LogP contribution is -2.26. The number of rotatable bonds is 18. The average Bonchev–Trinajstić information content (AvgIpc) is 3.22. The van der Waals surface area contributed by atoms with Crippen LogP contribution < -0.4 is 18.9 Å². The molecule has 0 aliphatic carbocycles. The Hall–Kier alpha value is -2.60. The zero-order valence-corrected chi connectivity index (χ0v) is 42.7. The summed E-state index contributed by atoms with van der Waals surface area (Å²) < 4.78 is 113. The van der Waals surface area contributed by atoms with Gasteiger partial charge in [-0.2, -0.15) is 0 Å². The van der Waals surface area contributed by atoms with Crippen LogP contribution in [0.5, 0.6) is 34.5 Å². The summed E-state index contributed by atoms with van der Waals surface area (Å²) in [5.41, 5.74) is 0.730. The summed E-state index contributed by atoms with van der Waals surface area (Å²) in [6.45, 7) is -1.02. The van der Waals surface area contributed by atoms with Gasteiger partial charge in [0.2, 0.25) is 20.0 Å². The number of sulfone groups is 2. The van der Waals surface area contributed by atoms with Gasteiger partial charge < -0.3 is 40.1 Å². The molecule has 0 heterocycles. The van der Waals surface area contributed by atoms with E-state index < -0.39 is 69.3 Å². The lowest BCUT2D eigenvalue weighted by atomic mass is 10.1. The minimum atomic E-state index is -3.98. The van der Waals surface area contributed by atoms with Crippen molar-refractivity contribution < 1.29 is 73.8 Å². The smallest absolute Gasteiger partial charge is 0.369 e. The number of sulfonamides is 2. The number of nitrogens with one attached hydrogen (secondary N) is 2. The van der Waals surface area contributed by atoms with Gasteiger partial charge in [-0.3, -0.25) is 0 Å². The van der Waals surface area contributed by atoms with Gasteiger partial charge in [-0.15, -0.1) is 70.5 Å². The van der Waals surface area contributed by atoms with E-state index in [1.165, 1.54) is 50.6 Å². The number of hydrogen-bond donors (Lipinski definition) is 8. The minimum Gasteiger partial charge on any atom is -0.504 e. The molecular formula is C35H44BBr3Cl2N2O16S4. The number of benzene rings is 4. The van der Waals surface area contributed by atoms with Crippen LogP contribution in [0.2, 0.25) is 0 Å². The molecule has 18 nitrogen and oxygen atoms in total. The maximum Gasteiger partial charge on any atom is 0.369 e. The van der Waals surface area contributed by atoms with Crippen molar-refractivity contribution >= 4 is 113 Å². The highest BCUT2D eigenvalue weighted by atomic mass is 79.9. The molecule has 0 atom stereocenters. The maximum atomic E-state index is 12.5. The molecule has 0 saturated heterocycles. The zero-order chi connectivity index (χ0) is 48.2. The van der Waals surface area contributed by atoms with Crippen molar-refractivity contribution in [3.63, 3.8) is 0 Å². The first-order valence-electron chi connectivity index (χ1n) is 17.4. The van der Waals surface area contributed by atoms with Crippen LogP contribution >= 0.6 is 70.5 Å². The Kier molecular flexibility index (Phi) is 25.8. The maximum absolute atomic E-state index is 12.5. The van der Waals surface area contributed by atoms with E-state index in [1.54, 1.807) is 0 Å². The summed E-state index contributed by atoms with van der Waals surface area (Å²) in [4.78, 5) is -0.500. The van der Waals surface area contributed by atoms with Crippen molar-refractivity contribution in [1.82, 2.24) is 9.44 Å². The van der Waals surface area contributed by atoms with Crippen LogP contribution in [0, 0.1) is 0 Å². The van der Waals surface area contributed by atoms with Crippen LogP contribution in [0.1, 0.15) is 24.0 Å². The molecule has 4 aromatic carbocycles. The predicted molar refractivity (Wildman–Crippen MR) is 250 cm³/mol. The van der Waals surface area contributed by atoms with Crippen molar-refractivity contribution in [2.24, 2.45) is 0 Å². The fourth-order valence-electron chi connectivity index (χ4n) is 4.79. The number of halogens is 5. The second-order valence-corrected chi connectivity index (χ2v) is 27.0. The van der Waals surface area contributed by atoms with E-state index in [9.17, 15) is 64.3 Å². The lowest BCUT2D eigenvalue weighted by Gasteiger charge is -2.11. The van der Waals surface area contributed by atoms with Crippen LogP contribution in [0.3, 0.4) is 0 Å². The second kappa shape index (κ2) is 27.8. The van der Waals surface area contributed by atoms with E-state index in [0.29, 0.717) is 16.9 Å². The summed E-state index contributed by atoms with van der Waals surface area (Å²) in [5, 5.41) is 55.8. The van der Waals surface area contributed by atoms with Gasteiger partial charge in [-0.05, 0) is 72.5 Å². The Labute approximate surface area is 401 Å². The van der Waals surface area contributed by atoms with Crippen molar-refractivity contribution in [3.05, 3.63) is 83.9 Å². The Morgan fingerprint density at radius 2 is 0.905 bits per heavy atom.